The van der Waals surface area contributed by atoms with E-state index in [1.54, 1.807) is 18.5 Å². The lowest BCUT2D eigenvalue weighted by Gasteiger charge is -2.40. The molecule has 0 aliphatic carbocycles. The lowest BCUT2D eigenvalue weighted by Crippen LogP contribution is -2.56. The van der Waals surface area contributed by atoms with Gasteiger partial charge in [-0.15, -0.1) is 5.10 Å². The van der Waals surface area contributed by atoms with Crippen LogP contribution in [0.3, 0.4) is 0 Å². The van der Waals surface area contributed by atoms with E-state index in [0.717, 1.165) is 23.8 Å². The third-order valence-electron chi connectivity index (χ3n) is 4.81. The number of aromatic nitrogens is 3. The van der Waals surface area contributed by atoms with Gasteiger partial charge in [-0.25, -0.2) is 22.8 Å². The zero-order valence-electron chi connectivity index (χ0n) is 15.3. The summed E-state index contributed by atoms with van der Waals surface area (Å²) in [5.41, 5.74) is 2.43. The van der Waals surface area contributed by atoms with Crippen LogP contribution in [-0.4, -0.2) is 33.8 Å². The van der Waals surface area contributed by atoms with Gasteiger partial charge in [-0.1, -0.05) is 13.8 Å². The van der Waals surface area contributed by atoms with Crippen molar-refractivity contribution in [3.8, 4) is 5.69 Å². The van der Waals surface area contributed by atoms with Gasteiger partial charge in [0.25, 0.3) is 5.92 Å². The third-order valence-corrected chi connectivity index (χ3v) is 4.81. The molecule has 0 bridgehead atoms. The van der Waals surface area contributed by atoms with E-state index < -0.39 is 11.7 Å². The average Bonchev–Trinajstić information content (AvgIpc) is 3.01. The number of anilines is 1. The van der Waals surface area contributed by atoms with Crippen LogP contribution in [0.25, 0.3) is 16.7 Å². The van der Waals surface area contributed by atoms with E-state index >= 15 is 0 Å². The Morgan fingerprint density at radius 3 is 2.67 bits per heavy atom. The first kappa shape index (κ1) is 17.8. The van der Waals surface area contributed by atoms with Gasteiger partial charge in [0, 0.05) is 23.5 Å². The molecular formula is C20H21F3N4. The molecule has 3 heterocycles. The Hall–Kier alpha value is -2.57. The number of benzene rings is 1. The molecule has 1 aliphatic rings. The van der Waals surface area contributed by atoms with Crippen molar-refractivity contribution in [1.29, 1.82) is 0 Å². The normalized spacial score (nSPS) is 16.1. The summed E-state index contributed by atoms with van der Waals surface area (Å²) < 4.78 is 42.0. The van der Waals surface area contributed by atoms with Crippen LogP contribution < -0.4 is 4.90 Å². The molecule has 2 aromatic heterocycles. The minimum Gasteiger partial charge on any atom is -0.359 e. The van der Waals surface area contributed by atoms with Crippen molar-refractivity contribution in [2.24, 2.45) is 5.92 Å². The molecule has 4 rings (SSSR count). The van der Waals surface area contributed by atoms with Crippen molar-refractivity contribution in [2.75, 3.05) is 18.0 Å². The molecule has 0 N–H and O–H groups in total. The van der Waals surface area contributed by atoms with Crippen LogP contribution in [0.2, 0.25) is 0 Å². The zero-order valence-corrected chi connectivity index (χ0v) is 15.3. The molecule has 0 amide bonds. The number of aryl methyl sites for hydroxylation is 1. The number of rotatable bonds is 5. The van der Waals surface area contributed by atoms with Crippen LogP contribution in [0.4, 0.5) is 18.9 Å². The first-order chi connectivity index (χ1) is 12.8. The molecular weight excluding hydrogens is 353 g/mol. The van der Waals surface area contributed by atoms with E-state index in [2.05, 4.69) is 23.9 Å². The second kappa shape index (κ2) is 6.55. The second-order valence-corrected chi connectivity index (χ2v) is 7.61. The Kier molecular flexibility index (Phi) is 4.32. The fourth-order valence-corrected chi connectivity index (χ4v) is 3.24. The van der Waals surface area contributed by atoms with E-state index in [1.165, 1.54) is 21.7 Å². The predicted octanol–water partition coefficient (Wildman–Crippen LogP) is 4.60. The largest absolute Gasteiger partial charge is 0.359 e. The quantitative estimate of drug-likeness (QED) is 0.654. The van der Waals surface area contributed by atoms with E-state index in [-0.39, 0.29) is 18.8 Å². The maximum absolute atomic E-state index is 14.4. The van der Waals surface area contributed by atoms with Gasteiger partial charge < -0.3 is 4.90 Å². The highest BCUT2D eigenvalue weighted by molar-refractivity contribution is 5.75. The van der Waals surface area contributed by atoms with Crippen molar-refractivity contribution < 1.29 is 13.2 Å². The van der Waals surface area contributed by atoms with Gasteiger partial charge in [-0.3, -0.25) is 0 Å². The summed E-state index contributed by atoms with van der Waals surface area (Å²) in [6.07, 6.45) is 5.53. The first-order valence-corrected chi connectivity index (χ1v) is 9.08. The minimum atomic E-state index is -2.68. The van der Waals surface area contributed by atoms with Gasteiger partial charge in [-0.05, 0) is 48.6 Å². The molecule has 1 aliphatic heterocycles. The van der Waals surface area contributed by atoms with Gasteiger partial charge >= 0.3 is 0 Å². The maximum atomic E-state index is 14.4. The summed E-state index contributed by atoms with van der Waals surface area (Å²) in [5.74, 6) is -2.53. The van der Waals surface area contributed by atoms with Crippen molar-refractivity contribution in [3.05, 3.63) is 48.0 Å². The monoisotopic (exact) mass is 374 g/mol. The molecule has 1 aromatic carbocycles. The topological polar surface area (TPSA) is 34.0 Å². The molecule has 0 spiro atoms. The van der Waals surface area contributed by atoms with Gasteiger partial charge in [0.05, 0.1) is 13.1 Å². The van der Waals surface area contributed by atoms with E-state index in [4.69, 9.17) is 0 Å². The molecule has 0 atom stereocenters. The first-order valence-electron chi connectivity index (χ1n) is 9.08. The van der Waals surface area contributed by atoms with E-state index in [0.29, 0.717) is 17.3 Å². The zero-order chi connectivity index (χ0) is 19.2. The molecule has 7 heteroatoms. The summed E-state index contributed by atoms with van der Waals surface area (Å²) in [6.45, 7) is 3.65. The second-order valence-electron chi connectivity index (χ2n) is 7.61. The fraction of sp³-hybridized carbons (Fsp3) is 0.400. The Balaban J connectivity index is 1.63. The van der Waals surface area contributed by atoms with Crippen LogP contribution in [-0.2, 0) is 6.42 Å². The molecule has 0 unspecified atom stereocenters. The molecule has 4 nitrogen and oxygen atoms in total. The molecule has 3 aromatic rings. The molecule has 1 fully saturated rings. The third kappa shape index (κ3) is 3.63. The highest BCUT2D eigenvalue weighted by Crippen LogP contribution is 2.33. The predicted molar refractivity (Wildman–Crippen MR) is 99.1 cm³/mol. The smallest absolute Gasteiger partial charge is 0.282 e. The lowest BCUT2D eigenvalue weighted by atomic mass is 10.0. The molecule has 27 heavy (non-hydrogen) atoms. The summed E-state index contributed by atoms with van der Waals surface area (Å²) in [4.78, 5) is 5.90. The van der Waals surface area contributed by atoms with Gasteiger partial charge in [0.2, 0.25) is 0 Å². The van der Waals surface area contributed by atoms with E-state index in [1.807, 2.05) is 6.07 Å². The van der Waals surface area contributed by atoms with Crippen molar-refractivity contribution in [2.45, 2.75) is 32.6 Å². The maximum Gasteiger partial charge on any atom is 0.282 e. The molecule has 0 radical (unpaired) electrons. The summed E-state index contributed by atoms with van der Waals surface area (Å²) in [5, 5.41) is 5.18. The summed E-state index contributed by atoms with van der Waals surface area (Å²) in [6, 6.07) is 6.37. The Morgan fingerprint density at radius 1 is 1.19 bits per heavy atom. The SMILES string of the molecule is CC(C)CCc1cnc2nn(-c3cc(N4CC(F)(F)C4)ccc3F)cc2c1. The van der Waals surface area contributed by atoms with Gasteiger partial charge in [0.1, 0.15) is 11.5 Å². The fourth-order valence-electron chi connectivity index (χ4n) is 3.24. The summed E-state index contributed by atoms with van der Waals surface area (Å²) >= 11 is 0. The van der Waals surface area contributed by atoms with Crippen molar-refractivity contribution in [3.63, 3.8) is 0 Å². The standard InChI is InChI=1S/C20H21F3N4/c1-13(2)3-4-14-7-15-10-27(25-19(15)24-9-14)18-8-16(5-6-17(18)21)26-11-20(22,23)12-26/h5-10,13H,3-4,11-12H2,1-2H3. The number of alkyl halides is 2. The van der Waals surface area contributed by atoms with E-state index in [9.17, 15) is 13.2 Å². The minimum absolute atomic E-state index is 0.226. The van der Waals surface area contributed by atoms with Crippen molar-refractivity contribution in [1.82, 2.24) is 14.8 Å². The highest BCUT2D eigenvalue weighted by Gasteiger charge is 2.44. The average molecular weight is 374 g/mol. The van der Waals surface area contributed by atoms with Crippen LogP contribution in [0.1, 0.15) is 25.8 Å². The Morgan fingerprint density at radius 2 is 1.96 bits per heavy atom. The van der Waals surface area contributed by atoms with Crippen molar-refractivity contribution >= 4 is 16.7 Å². The molecule has 1 saturated heterocycles. The number of fused-ring (bicyclic) bond motifs is 1. The Labute approximate surface area is 155 Å². The van der Waals surface area contributed by atoms with Gasteiger partial charge in [-0.2, -0.15) is 0 Å². The Bertz CT molecular complexity index is 973. The van der Waals surface area contributed by atoms with Gasteiger partial charge in [0.15, 0.2) is 5.65 Å². The number of halogens is 3. The molecule has 142 valence electrons. The van der Waals surface area contributed by atoms with Crippen LogP contribution in [0.5, 0.6) is 0 Å². The number of nitrogens with zero attached hydrogens (tertiary/aromatic N) is 4. The van der Waals surface area contributed by atoms with Crippen LogP contribution in [0.15, 0.2) is 36.7 Å². The lowest BCUT2D eigenvalue weighted by molar-refractivity contribution is -0.0262. The number of hydrogen-bond acceptors (Lipinski definition) is 3. The van der Waals surface area contributed by atoms with Crippen LogP contribution >= 0.6 is 0 Å². The number of pyridine rings is 1. The highest BCUT2D eigenvalue weighted by atomic mass is 19.3. The molecule has 0 saturated carbocycles. The van der Waals surface area contributed by atoms with Crippen LogP contribution in [0, 0.1) is 11.7 Å². The summed E-state index contributed by atoms with van der Waals surface area (Å²) in [7, 11) is 0. The number of hydrogen-bond donors (Lipinski definition) is 0.